The molecule has 2 aromatic carbocycles. The fourth-order valence-electron chi connectivity index (χ4n) is 5.61. The van der Waals surface area contributed by atoms with Crippen molar-refractivity contribution in [3.63, 3.8) is 0 Å². The first-order valence-electron chi connectivity index (χ1n) is 21.3. The summed E-state index contributed by atoms with van der Waals surface area (Å²) in [6, 6.07) is 6.17. The van der Waals surface area contributed by atoms with Gasteiger partial charge in [0.25, 0.3) is 17.9 Å². The number of rotatable bonds is 9. The van der Waals surface area contributed by atoms with E-state index < -0.39 is 89.5 Å². The van der Waals surface area contributed by atoms with Crippen molar-refractivity contribution >= 4 is 64.7 Å². The number of carboxylic acids is 3. The normalized spacial score (nSPS) is 16.3. The van der Waals surface area contributed by atoms with Gasteiger partial charge in [-0.05, 0) is 51.3 Å². The molecule has 2 fully saturated rings. The van der Waals surface area contributed by atoms with Crippen LogP contribution in [0.1, 0.15) is 95.4 Å². The first-order valence-corrected chi connectivity index (χ1v) is 21.3. The van der Waals surface area contributed by atoms with Gasteiger partial charge in [-0.25, -0.2) is 0 Å². The van der Waals surface area contributed by atoms with Crippen molar-refractivity contribution in [3.05, 3.63) is 52.9 Å². The number of aliphatic hydroxyl groups excluding tert-OH is 1. The number of carboxylic acid groups (broad SMARTS) is 3. The molecule has 5 N–H and O–H groups in total. The smallest absolute Gasteiger partial charge is 0.308 e. The van der Waals surface area contributed by atoms with Gasteiger partial charge in [0, 0.05) is 93.2 Å². The average Bonchev–Trinajstić information content (AvgIpc) is 3.22. The van der Waals surface area contributed by atoms with E-state index in [9.17, 15) is 43.8 Å². The highest BCUT2D eigenvalue weighted by Gasteiger charge is 2.48. The highest BCUT2D eigenvalue weighted by molar-refractivity contribution is 5.91. The van der Waals surface area contributed by atoms with Gasteiger partial charge in [0.1, 0.15) is 34.3 Å². The van der Waals surface area contributed by atoms with Gasteiger partial charge in [-0.2, -0.15) is 0 Å². The molecule has 3 unspecified atom stereocenters. The van der Waals surface area contributed by atoms with Crippen LogP contribution in [-0.4, -0.2) is 123 Å². The SMILES string of the molecule is C1CCOCC1.C=C1OC(O)C(OC(C)=O)[C@H](OC(C)C)C1OC(C)=O.CC(=O)O.CC(=O)O.CC(=O)O.CC(=O)Oc1cc(OC(C)=O)c2c(=O)c(O)c(-c3ccc(OC(C)=O)c(OC(C)=O)c3)oc2c1. The predicted octanol–water partition coefficient (Wildman–Crippen LogP) is 4.83. The molecule has 0 saturated carbocycles. The van der Waals surface area contributed by atoms with Gasteiger partial charge in [-0.3, -0.25) is 47.9 Å². The van der Waals surface area contributed by atoms with E-state index in [2.05, 4.69) is 6.58 Å². The number of carbonyl (C=O) groups is 9. The molecule has 0 amide bonds. The molecule has 2 aliphatic rings. The summed E-state index contributed by atoms with van der Waals surface area (Å²) in [4.78, 5) is 108. The van der Waals surface area contributed by atoms with E-state index >= 15 is 0 Å². The predicted molar refractivity (Wildman–Crippen MR) is 247 cm³/mol. The number of carbonyl (C=O) groups excluding carboxylic acids is 6. The third-order valence-corrected chi connectivity index (χ3v) is 7.73. The summed E-state index contributed by atoms with van der Waals surface area (Å²) in [6.45, 7) is 19.3. The molecule has 4 atom stereocenters. The Morgan fingerprint density at radius 2 is 1.10 bits per heavy atom. The number of hydrogen-bond acceptors (Lipinski definition) is 22. The van der Waals surface area contributed by atoms with E-state index in [0.29, 0.717) is 0 Å². The summed E-state index contributed by atoms with van der Waals surface area (Å²) >= 11 is 0. The second-order valence-corrected chi connectivity index (χ2v) is 14.9. The Balaban J connectivity index is 0.00000110. The topological polar surface area (TPSA) is 368 Å². The Hall–Kier alpha value is -7.90. The Morgan fingerprint density at radius 1 is 0.625 bits per heavy atom. The number of hydrogen-bond donors (Lipinski definition) is 5. The summed E-state index contributed by atoms with van der Waals surface area (Å²) in [7, 11) is 0. The molecule has 72 heavy (non-hydrogen) atoms. The lowest BCUT2D eigenvalue weighted by Crippen LogP contribution is -2.56. The van der Waals surface area contributed by atoms with Crippen molar-refractivity contribution in [2.45, 2.75) is 126 Å². The van der Waals surface area contributed by atoms with Gasteiger partial charge in [0.15, 0.2) is 29.5 Å². The number of esters is 6. The van der Waals surface area contributed by atoms with Crippen LogP contribution >= 0.6 is 0 Å². The average molecular weight is 1020 g/mol. The van der Waals surface area contributed by atoms with Gasteiger partial charge in [-0.15, -0.1) is 0 Å². The van der Waals surface area contributed by atoms with Crippen molar-refractivity contribution in [1.29, 1.82) is 0 Å². The Bertz CT molecular complexity index is 2390. The quantitative estimate of drug-likeness (QED) is 0.141. The number of aliphatic hydroxyl groups is 1. The molecule has 25 nitrogen and oxygen atoms in total. The van der Waals surface area contributed by atoms with E-state index in [1.54, 1.807) is 13.8 Å². The molecular weight excluding hydrogens is 964 g/mol. The number of benzene rings is 2. The van der Waals surface area contributed by atoms with E-state index in [0.717, 1.165) is 67.7 Å². The van der Waals surface area contributed by atoms with Crippen LogP contribution in [0.2, 0.25) is 0 Å². The third kappa shape index (κ3) is 25.6. The van der Waals surface area contributed by atoms with Gasteiger partial charge < -0.3 is 72.6 Å². The molecule has 25 heteroatoms. The lowest BCUT2D eigenvalue weighted by atomic mass is 10.0. The van der Waals surface area contributed by atoms with E-state index in [4.69, 9.17) is 76.8 Å². The molecule has 1 aromatic heterocycles. The number of aliphatic carboxylic acids is 3. The number of fused-ring (bicyclic) bond motifs is 1. The zero-order valence-electron chi connectivity index (χ0n) is 41.4. The minimum atomic E-state index is -1.43. The second-order valence-electron chi connectivity index (χ2n) is 14.9. The zero-order chi connectivity index (χ0) is 55.6. The zero-order valence-corrected chi connectivity index (χ0v) is 41.4. The maximum Gasteiger partial charge on any atom is 0.308 e. The van der Waals surface area contributed by atoms with Crippen LogP contribution in [0.25, 0.3) is 22.3 Å². The Morgan fingerprint density at radius 3 is 1.51 bits per heavy atom. The van der Waals surface area contributed by atoms with Crippen molar-refractivity contribution in [2.75, 3.05) is 13.2 Å². The van der Waals surface area contributed by atoms with Crippen molar-refractivity contribution in [1.82, 2.24) is 0 Å². The fourth-order valence-corrected chi connectivity index (χ4v) is 5.61. The summed E-state index contributed by atoms with van der Waals surface area (Å²) in [5.74, 6) is -8.25. The molecule has 398 valence electrons. The Labute approximate surface area is 412 Å². The fraction of sp³-hybridized carbons (Fsp3) is 0.447. The maximum atomic E-state index is 13.0. The highest BCUT2D eigenvalue weighted by Crippen LogP contribution is 2.39. The number of aromatic hydroxyl groups is 1. The first kappa shape index (κ1) is 64.1. The van der Waals surface area contributed by atoms with Crippen molar-refractivity contribution in [2.24, 2.45) is 0 Å². The molecule has 5 rings (SSSR count). The second kappa shape index (κ2) is 32.1. The first-order chi connectivity index (χ1) is 33.4. The van der Waals surface area contributed by atoms with Crippen LogP contribution in [0.5, 0.6) is 28.7 Å². The van der Waals surface area contributed by atoms with Gasteiger partial charge in [0.2, 0.25) is 17.5 Å². The Kier molecular flexibility index (Phi) is 28.6. The molecule has 3 heterocycles. The lowest BCUT2D eigenvalue weighted by molar-refractivity contribution is -0.254. The van der Waals surface area contributed by atoms with Crippen LogP contribution < -0.4 is 24.4 Å². The van der Waals surface area contributed by atoms with Crippen LogP contribution in [0.3, 0.4) is 0 Å². The van der Waals surface area contributed by atoms with E-state index in [-0.39, 0.29) is 57.2 Å². The molecular formula is C47H60O25. The van der Waals surface area contributed by atoms with Gasteiger partial charge >= 0.3 is 35.8 Å². The maximum absolute atomic E-state index is 13.0. The largest absolute Gasteiger partial charge is 0.502 e. The molecule has 3 aromatic rings. The molecule has 2 aliphatic heterocycles. The minimum absolute atomic E-state index is 0.0433. The standard InChI is InChI=1S/C23H18O11.C13H20O7.C5H10O.3C2H4O2/c1-10(24)30-15-8-18(33-13(4)27)20-19(9-15)34-23(22(29)21(20)28)14-5-6-16(31-11(2)25)17(7-14)32-12(3)26;1-6(2)17-11-10(19-8(4)14)7(3)18-13(16)12(11)20-9(5)15;1-2-4-6-5-3-1;3*1-2(3)4/h5-9,29H,1-4H3;6,10-13,16H,3H2,1-2,4-5H3;1-5H2;3*1H3,(H,3,4)/t;10?,11-,12?,13?;;;;/m.1..../s1. The molecule has 0 spiro atoms. The molecule has 0 aliphatic carbocycles. The van der Waals surface area contributed by atoms with Crippen LogP contribution in [-0.2, 0) is 66.8 Å². The summed E-state index contributed by atoms with van der Waals surface area (Å²) in [6.07, 6.45) is -0.692. The van der Waals surface area contributed by atoms with Crippen molar-refractivity contribution < 1.29 is 116 Å². The monoisotopic (exact) mass is 1020 g/mol. The highest BCUT2D eigenvalue weighted by atomic mass is 16.7. The summed E-state index contributed by atoms with van der Waals surface area (Å²) < 4.78 is 51.6. The molecule has 0 radical (unpaired) electrons. The third-order valence-electron chi connectivity index (χ3n) is 7.73. The van der Waals surface area contributed by atoms with Gasteiger partial charge in [0.05, 0.1) is 6.10 Å². The number of ether oxygens (including phenoxy) is 9. The molecule has 2 saturated heterocycles. The van der Waals surface area contributed by atoms with Gasteiger partial charge in [-0.1, -0.05) is 6.58 Å². The molecule has 0 bridgehead atoms. The van der Waals surface area contributed by atoms with Crippen molar-refractivity contribution in [3.8, 4) is 40.1 Å². The van der Waals surface area contributed by atoms with E-state index in [1.807, 2.05) is 0 Å². The lowest BCUT2D eigenvalue weighted by Gasteiger charge is -2.40. The van der Waals surface area contributed by atoms with Crippen LogP contribution in [0, 0.1) is 0 Å². The van der Waals surface area contributed by atoms with E-state index in [1.165, 1.54) is 57.4 Å². The minimum Gasteiger partial charge on any atom is -0.502 e. The van der Waals surface area contributed by atoms with Crippen LogP contribution in [0.15, 0.2) is 51.9 Å². The summed E-state index contributed by atoms with van der Waals surface area (Å²) in [5, 5.41) is 42.4. The summed E-state index contributed by atoms with van der Waals surface area (Å²) in [5.41, 5.74) is -1.04. The van der Waals surface area contributed by atoms with Crippen LogP contribution in [0.4, 0.5) is 0 Å².